The van der Waals surface area contributed by atoms with Gasteiger partial charge in [-0.25, -0.2) is 0 Å². The summed E-state index contributed by atoms with van der Waals surface area (Å²) in [6.45, 7) is 9.42. The molecular formula is C50H72N4O4. The van der Waals surface area contributed by atoms with Gasteiger partial charge in [0.2, 0.25) is 0 Å². The predicted molar refractivity (Wildman–Crippen MR) is 241 cm³/mol. The highest BCUT2D eigenvalue weighted by molar-refractivity contribution is 5.76. The minimum Gasteiger partial charge on any atom is -0.384 e. The fourth-order valence-electron chi connectivity index (χ4n) is 8.84. The monoisotopic (exact) mass is 793 g/mol. The SMILES string of the molecule is CCCCCCCCCCC(C/C=C/C(C#N)=C/C=C1/N(CCC=O)c2cccc([N+](=O)[O-])c2C1(C)C)(CCCCCCCCCC)c1ccccc1NCCC=O. The number of hydrogen-bond donors (Lipinski definition) is 1. The number of carbonyl (C=O) groups excluding carboxylic acids is 2. The van der Waals surface area contributed by atoms with Crippen molar-refractivity contribution >= 4 is 29.6 Å². The maximum absolute atomic E-state index is 12.1. The van der Waals surface area contributed by atoms with Crippen LogP contribution in [0.1, 0.15) is 174 Å². The van der Waals surface area contributed by atoms with Crippen LogP contribution in [0.2, 0.25) is 0 Å². The molecule has 3 rings (SSSR count). The van der Waals surface area contributed by atoms with Crippen molar-refractivity contribution < 1.29 is 14.5 Å². The van der Waals surface area contributed by atoms with Crippen LogP contribution in [0.3, 0.4) is 0 Å². The molecule has 316 valence electrons. The van der Waals surface area contributed by atoms with E-state index in [1.54, 1.807) is 6.07 Å². The summed E-state index contributed by atoms with van der Waals surface area (Å²) in [5, 5.41) is 26.1. The third-order valence-corrected chi connectivity index (χ3v) is 12.0. The first-order valence-electron chi connectivity index (χ1n) is 22.5. The number of allylic oxidation sites excluding steroid dienone is 6. The third-order valence-electron chi connectivity index (χ3n) is 12.0. The van der Waals surface area contributed by atoms with E-state index in [1.807, 2.05) is 43.0 Å². The van der Waals surface area contributed by atoms with E-state index in [2.05, 4.69) is 55.6 Å². The van der Waals surface area contributed by atoms with Crippen LogP contribution >= 0.6 is 0 Å². The Bertz CT molecular complexity index is 1680. The fourth-order valence-corrected chi connectivity index (χ4v) is 8.84. The number of rotatable bonds is 31. The summed E-state index contributed by atoms with van der Waals surface area (Å²) in [5.41, 5.74) is 4.21. The molecule has 1 aliphatic rings. The second-order valence-corrected chi connectivity index (χ2v) is 16.7. The summed E-state index contributed by atoms with van der Waals surface area (Å²) in [6.07, 6.45) is 33.3. The maximum Gasteiger partial charge on any atom is 0.275 e. The van der Waals surface area contributed by atoms with Crippen LogP contribution in [0.15, 0.2) is 78.0 Å². The van der Waals surface area contributed by atoms with Crippen molar-refractivity contribution in [1.82, 2.24) is 0 Å². The Hall–Kier alpha value is -4.51. The van der Waals surface area contributed by atoms with Gasteiger partial charge in [0.1, 0.15) is 12.6 Å². The Labute approximate surface area is 350 Å². The molecule has 1 aliphatic heterocycles. The van der Waals surface area contributed by atoms with Crippen LogP contribution < -0.4 is 10.2 Å². The lowest BCUT2D eigenvalue weighted by atomic mass is 9.69. The lowest BCUT2D eigenvalue weighted by molar-refractivity contribution is -0.385. The molecule has 0 radical (unpaired) electrons. The Morgan fingerprint density at radius 3 is 1.98 bits per heavy atom. The Morgan fingerprint density at radius 2 is 1.41 bits per heavy atom. The number of unbranched alkanes of at least 4 members (excludes halogenated alkanes) is 14. The van der Waals surface area contributed by atoms with E-state index in [-0.39, 0.29) is 22.4 Å². The van der Waals surface area contributed by atoms with Gasteiger partial charge in [-0.05, 0) is 69.0 Å². The van der Waals surface area contributed by atoms with E-state index >= 15 is 0 Å². The van der Waals surface area contributed by atoms with E-state index in [0.29, 0.717) is 30.6 Å². The summed E-state index contributed by atoms with van der Waals surface area (Å²) >= 11 is 0. The molecular weight excluding hydrogens is 721 g/mol. The van der Waals surface area contributed by atoms with Crippen LogP contribution in [-0.2, 0) is 20.4 Å². The number of nitro groups is 1. The Kier molecular flexibility index (Phi) is 21.9. The first-order valence-corrected chi connectivity index (χ1v) is 22.5. The lowest BCUT2D eigenvalue weighted by Crippen LogP contribution is -2.27. The number of nitrogens with one attached hydrogen (secondary N) is 1. The van der Waals surface area contributed by atoms with Crippen molar-refractivity contribution in [3.05, 3.63) is 99.3 Å². The molecule has 0 amide bonds. The van der Waals surface area contributed by atoms with Gasteiger partial charge >= 0.3 is 0 Å². The van der Waals surface area contributed by atoms with Crippen LogP contribution in [0, 0.1) is 21.4 Å². The minimum atomic E-state index is -0.718. The fraction of sp³-hybridized carbons (Fsp3) is 0.580. The minimum absolute atomic E-state index is 0.0524. The van der Waals surface area contributed by atoms with Gasteiger partial charge in [-0.1, -0.05) is 147 Å². The zero-order valence-electron chi connectivity index (χ0n) is 36.2. The summed E-state index contributed by atoms with van der Waals surface area (Å²) in [7, 11) is 0. The van der Waals surface area contributed by atoms with Crippen molar-refractivity contribution in [2.24, 2.45) is 0 Å². The summed E-state index contributed by atoms with van der Waals surface area (Å²) in [5.74, 6) is 0. The molecule has 0 saturated carbocycles. The number of nitro benzene ring substituents is 1. The maximum atomic E-state index is 12.1. The molecule has 0 fully saturated rings. The normalized spacial score (nSPS) is 14.5. The van der Waals surface area contributed by atoms with Gasteiger partial charge in [0.15, 0.2) is 0 Å². The number of carbonyl (C=O) groups is 2. The zero-order valence-corrected chi connectivity index (χ0v) is 36.2. The number of anilines is 2. The second-order valence-electron chi connectivity index (χ2n) is 16.7. The largest absolute Gasteiger partial charge is 0.384 e. The Balaban J connectivity index is 1.98. The lowest BCUT2D eigenvalue weighted by Gasteiger charge is -2.36. The van der Waals surface area contributed by atoms with E-state index in [4.69, 9.17) is 0 Å². The number of aldehydes is 2. The first-order chi connectivity index (χ1) is 28.2. The van der Waals surface area contributed by atoms with E-state index < -0.39 is 5.41 Å². The van der Waals surface area contributed by atoms with Crippen molar-refractivity contribution in [1.29, 1.82) is 5.26 Å². The van der Waals surface area contributed by atoms with E-state index in [0.717, 1.165) is 61.7 Å². The van der Waals surface area contributed by atoms with Gasteiger partial charge in [-0.15, -0.1) is 0 Å². The van der Waals surface area contributed by atoms with Crippen molar-refractivity contribution in [2.45, 2.75) is 173 Å². The van der Waals surface area contributed by atoms with Gasteiger partial charge in [0.05, 0.1) is 27.8 Å². The molecule has 8 heteroatoms. The third kappa shape index (κ3) is 14.4. The van der Waals surface area contributed by atoms with Gasteiger partial charge in [0, 0.05) is 54.2 Å². The summed E-state index contributed by atoms with van der Waals surface area (Å²) in [4.78, 5) is 36.5. The molecule has 0 unspecified atom stereocenters. The van der Waals surface area contributed by atoms with Gasteiger partial charge in [-0.2, -0.15) is 5.26 Å². The first kappa shape index (κ1) is 47.9. The number of nitrogens with zero attached hydrogens (tertiary/aromatic N) is 3. The molecule has 58 heavy (non-hydrogen) atoms. The molecule has 0 atom stereocenters. The quantitative estimate of drug-likeness (QED) is 0.0202. The molecule has 2 aromatic rings. The average molecular weight is 793 g/mol. The topological polar surface area (TPSA) is 116 Å². The number of nitriles is 1. The Morgan fingerprint density at radius 1 is 0.828 bits per heavy atom. The highest BCUT2D eigenvalue weighted by atomic mass is 16.6. The molecule has 8 nitrogen and oxygen atoms in total. The molecule has 0 spiro atoms. The molecule has 2 aromatic carbocycles. The standard InChI is InChI=1S/C50H72N4O4/c1-5-7-9-11-13-15-17-21-34-50(35-22-18-16-14-12-10-8-6-2,43-28-19-20-29-44(43)52-37-25-39-55)36-24-27-42(41-51)32-33-47-49(3,4)48-45(53(47)38-26-40-56)30-23-31-46(48)54(57)58/h19-20,23-24,27-33,39-40,52H,5-18,21-22,25-26,34-38H2,1-4H3/b27-24+,42-32-,47-33+. The van der Waals surface area contributed by atoms with Crippen molar-refractivity contribution in [3.8, 4) is 6.07 Å². The molecule has 0 bridgehead atoms. The number of benzene rings is 2. The average Bonchev–Trinajstić information content (AvgIpc) is 3.44. The van der Waals surface area contributed by atoms with Crippen molar-refractivity contribution in [2.75, 3.05) is 23.3 Å². The molecule has 0 aromatic heterocycles. The number of para-hydroxylation sites is 1. The highest BCUT2D eigenvalue weighted by Crippen LogP contribution is 2.51. The molecule has 1 heterocycles. The van der Waals surface area contributed by atoms with E-state index in [1.165, 1.54) is 102 Å². The molecule has 1 N–H and O–H groups in total. The summed E-state index contributed by atoms with van der Waals surface area (Å²) in [6, 6.07) is 16.1. The van der Waals surface area contributed by atoms with Crippen LogP contribution in [-0.4, -0.2) is 30.6 Å². The number of fused-ring (bicyclic) bond motifs is 1. The molecule has 0 aliphatic carbocycles. The van der Waals surface area contributed by atoms with E-state index in [9.17, 15) is 25.0 Å². The van der Waals surface area contributed by atoms with Gasteiger partial charge in [-0.3, -0.25) is 10.1 Å². The molecule has 0 saturated heterocycles. The van der Waals surface area contributed by atoms with Gasteiger partial charge in [0.25, 0.3) is 5.69 Å². The van der Waals surface area contributed by atoms with Crippen LogP contribution in [0.5, 0.6) is 0 Å². The summed E-state index contributed by atoms with van der Waals surface area (Å²) < 4.78 is 0. The smallest absolute Gasteiger partial charge is 0.275 e. The predicted octanol–water partition coefficient (Wildman–Crippen LogP) is 13.6. The van der Waals surface area contributed by atoms with Crippen molar-refractivity contribution in [3.63, 3.8) is 0 Å². The second kappa shape index (κ2) is 26.5. The van der Waals surface area contributed by atoms with Gasteiger partial charge < -0.3 is 19.8 Å². The van der Waals surface area contributed by atoms with Crippen LogP contribution in [0.25, 0.3) is 0 Å². The number of hydrogen-bond acceptors (Lipinski definition) is 7. The highest BCUT2D eigenvalue weighted by Gasteiger charge is 2.44. The zero-order chi connectivity index (χ0) is 42.1. The van der Waals surface area contributed by atoms with Crippen LogP contribution in [0.4, 0.5) is 17.1 Å².